The molecule has 2 heterocycles. The van der Waals surface area contributed by atoms with Crippen molar-refractivity contribution in [1.82, 2.24) is 0 Å². The van der Waals surface area contributed by atoms with E-state index in [1.807, 2.05) is 0 Å². The summed E-state index contributed by atoms with van der Waals surface area (Å²) >= 11 is 0. The van der Waals surface area contributed by atoms with E-state index in [1.165, 1.54) is 38.5 Å². The van der Waals surface area contributed by atoms with Crippen LogP contribution in [0.2, 0.25) is 0 Å². The lowest BCUT2D eigenvalue weighted by molar-refractivity contribution is -0.157. The number of esters is 4. The molecule has 0 amide bonds. The number of carbonyl (C=O) groups is 4. The van der Waals surface area contributed by atoms with Crippen molar-refractivity contribution < 1.29 is 28.7 Å². The maximum absolute atomic E-state index is 12.1. The van der Waals surface area contributed by atoms with Gasteiger partial charge in [0.1, 0.15) is 0 Å². The predicted molar refractivity (Wildman–Crippen MR) is 108 cm³/mol. The van der Waals surface area contributed by atoms with Crippen molar-refractivity contribution in [3.05, 3.63) is 0 Å². The van der Waals surface area contributed by atoms with Gasteiger partial charge in [0.15, 0.2) is 0 Å². The molecular weight excluding hydrogens is 396 g/mol. The Bertz CT molecular complexity index is 802. The lowest BCUT2D eigenvalue weighted by atomic mass is 9.65. The van der Waals surface area contributed by atoms with Crippen molar-refractivity contribution in [3.8, 4) is 0 Å². The summed E-state index contributed by atoms with van der Waals surface area (Å²) in [5.41, 5.74) is 0.126. The summed E-state index contributed by atoms with van der Waals surface area (Å²) in [4.78, 5) is 46.3. The Morgan fingerprint density at radius 1 is 0.677 bits per heavy atom. The Morgan fingerprint density at radius 3 is 1.97 bits per heavy atom. The first kappa shape index (κ1) is 19.9. The molecule has 0 aromatic carbocycles. The average molecular weight is 429 g/mol. The Labute approximate surface area is 182 Å². The fraction of sp³-hybridized carbons (Fsp3) is 0.840. The van der Waals surface area contributed by atoms with Crippen LogP contribution in [0.15, 0.2) is 0 Å². The molecule has 0 radical (unpaired) electrons. The summed E-state index contributed by atoms with van der Waals surface area (Å²) in [7, 11) is 0. The summed E-state index contributed by atoms with van der Waals surface area (Å²) in [5, 5.41) is 0. The van der Waals surface area contributed by atoms with E-state index in [4.69, 9.17) is 4.74 Å². The molecule has 0 aromatic heterocycles. The van der Waals surface area contributed by atoms with Gasteiger partial charge < -0.3 is 9.47 Å². The van der Waals surface area contributed by atoms with Gasteiger partial charge in [-0.1, -0.05) is 32.1 Å². The van der Waals surface area contributed by atoms with Crippen LogP contribution in [-0.4, -0.2) is 23.9 Å². The second-order valence-corrected chi connectivity index (χ2v) is 11.4. The van der Waals surface area contributed by atoms with E-state index in [0.717, 1.165) is 44.4 Å². The van der Waals surface area contributed by atoms with Crippen molar-refractivity contribution >= 4 is 23.9 Å². The first-order valence-corrected chi connectivity index (χ1v) is 12.5. The second kappa shape index (κ2) is 7.14. The third-order valence-corrected chi connectivity index (χ3v) is 10.0. The molecule has 0 N–H and O–H groups in total. The topological polar surface area (TPSA) is 86.7 Å². The van der Waals surface area contributed by atoms with Crippen molar-refractivity contribution in [2.24, 2.45) is 52.8 Å². The fourth-order valence-corrected chi connectivity index (χ4v) is 8.88. The van der Waals surface area contributed by atoms with E-state index in [0.29, 0.717) is 17.8 Å². The van der Waals surface area contributed by atoms with Gasteiger partial charge in [-0.2, -0.15) is 0 Å². The van der Waals surface area contributed by atoms with Crippen molar-refractivity contribution in [2.75, 3.05) is 0 Å². The minimum atomic E-state index is -0.253. The third kappa shape index (κ3) is 2.96. The Hall–Kier alpha value is -1.72. The molecule has 2 saturated heterocycles. The highest BCUT2D eigenvalue weighted by Crippen LogP contribution is 2.66. The molecule has 168 valence electrons. The van der Waals surface area contributed by atoms with Gasteiger partial charge in [-0.15, -0.1) is 0 Å². The lowest BCUT2D eigenvalue weighted by Gasteiger charge is -2.36. The molecule has 31 heavy (non-hydrogen) atoms. The van der Waals surface area contributed by atoms with Crippen LogP contribution in [0, 0.1) is 52.8 Å². The van der Waals surface area contributed by atoms with Crippen molar-refractivity contribution in [3.63, 3.8) is 0 Å². The van der Waals surface area contributed by atoms with E-state index in [2.05, 4.69) is 4.74 Å². The normalized spacial score (nSPS) is 47.2. The number of hydrogen-bond acceptors (Lipinski definition) is 6. The Balaban J connectivity index is 0.000000132. The summed E-state index contributed by atoms with van der Waals surface area (Å²) < 4.78 is 9.58. The number of hydrogen-bond donors (Lipinski definition) is 0. The molecule has 7 rings (SSSR count). The molecule has 7 fully saturated rings. The highest BCUT2D eigenvalue weighted by molar-refractivity contribution is 5.98. The van der Waals surface area contributed by atoms with Crippen LogP contribution in [0.25, 0.3) is 0 Å². The zero-order chi connectivity index (χ0) is 21.3. The molecule has 8 unspecified atom stereocenters. The van der Waals surface area contributed by atoms with Crippen LogP contribution in [0.4, 0.5) is 0 Å². The van der Waals surface area contributed by atoms with E-state index in [1.54, 1.807) is 0 Å². The minimum Gasteiger partial charge on any atom is -0.393 e. The molecule has 6 nitrogen and oxygen atoms in total. The Morgan fingerprint density at radius 2 is 1.29 bits per heavy atom. The van der Waals surface area contributed by atoms with Gasteiger partial charge in [-0.25, -0.2) is 0 Å². The molecule has 5 aliphatic carbocycles. The second-order valence-electron chi connectivity index (χ2n) is 11.4. The lowest BCUT2D eigenvalue weighted by Crippen LogP contribution is -2.35. The first-order valence-electron chi connectivity index (χ1n) is 12.5. The maximum atomic E-state index is 12.1. The molecule has 7 aliphatic rings. The van der Waals surface area contributed by atoms with Gasteiger partial charge in [0.25, 0.3) is 0 Å². The third-order valence-electron chi connectivity index (χ3n) is 10.0. The SMILES string of the molecule is O=C1OC(=O)C2C1C1CCC2(CC2CCCCC2)C1.O=C1OC(=O)C2C3CCC(C3)C12. The van der Waals surface area contributed by atoms with Crippen LogP contribution >= 0.6 is 0 Å². The molecule has 8 atom stereocenters. The molecular formula is C25H32O6. The van der Waals surface area contributed by atoms with Crippen LogP contribution in [0.5, 0.6) is 0 Å². The molecule has 6 heteroatoms. The number of ether oxygens (including phenoxy) is 2. The number of fused-ring (bicyclic) bond motifs is 10. The van der Waals surface area contributed by atoms with Crippen LogP contribution < -0.4 is 0 Å². The van der Waals surface area contributed by atoms with Crippen molar-refractivity contribution in [2.45, 2.75) is 77.0 Å². The average Bonchev–Trinajstić information content (AvgIpc) is 3.56. The van der Waals surface area contributed by atoms with Gasteiger partial charge in [0.2, 0.25) is 0 Å². The zero-order valence-corrected chi connectivity index (χ0v) is 18.1. The van der Waals surface area contributed by atoms with Crippen molar-refractivity contribution in [1.29, 1.82) is 0 Å². The summed E-state index contributed by atoms with van der Waals surface area (Å²) in [6.45, 7) is 0. The minimum absolute atomic E-state index is 0.0590. The van der Waals surface area contributed by atoms with Gasteiger partial charge in [-0.05, 0) is 74.0 Å². The van der Waals surface area contributed by atoms with Gasteiger partial charge in [0, 0.05) is 0 Å². The van der Waals surface area contributed by atoms with Gasteiger partial charge in [0.05, 0.1) is 23.7 Å². The highest BCUT2D eigenvalue weighted by Gasteiger charge is 2.67. The van der Waals surface area contributed by atoms with E-state index in [9.17, 15) is 19.2 Å². The fourth-order valence-electron chi connectivity index (χ4n) is 8.88. The van der Waals surface area contributed by atoms with Gasteiger partial charge >= 0.3 is 23.9 Å². The molecule has 5 saturated carbocycles. The van der Waals surface area contributed by atoms with Crippen LogP contribution in [0.1, 0.15) is 77.0 Å². The number of rotatable bonds is 2. The highest BCUT2D eigenvalue weighted by atomic mass is 16.6. The molecule has 4 bridgehead atoms. The summed E-state index contributed by atoms with van der Waals surface area (Å²) in [6, 6.07) is 0. The maximum Gasteiger partial charge on any atom is 0.318 e. The van der Waals surface area contributed by atoms with E-state index in [-0.39, 0.29) is 53.0 Å². The Kier molecular flexibility index (Phi) is 4.59. The predicted octanol–water partition coefficient (Wildman–Crippen LogP) is 3.80. The van der Waals surface area contributed by atoms with Gasteiger partial charge in [-0.3, -0.25) is 19.2 Å². The zero-order valence-electron chi connectivity index (χ0n) is 18.1. The first-order chi connectivity index (χ1) is 15.0. The molecule has 0 aromatic rings. The number of carbonyl (C=O) groups excluding carboxylic acids is 4. The molecule has 0 spiro atoms. The largest absolute Gasteiger partial charge is 0.393 e. The molecule has 2 aliphatic heterocycles. The standard InChI is InChI=1S/C16H22O3.C9H10O3/c17-14-12-11-6-7-16(9-11,13(12)15(18)19-14)8-10-4-2-1-3-5-10;10-8-6-4-1-2-5(3-4)7(6)9(11)12-8/h10-13H,1-9H2;4-7H,1-3H2. The monoisotopic (exact) mass is 428 g/mol. The van der Waals surface area contributed by atoms with Crippen LogP contribution in [0.3, 0.4) is 0 Å². The summed E-state index contributed by atoms with van der Waals surface area (Å²) in [5.74, 6) is 0.936. The quantitative estimate of drug-likeness (QED) is 0.491. The summed E-state index contributed by atoms with van der Waals surface area (Å²) in [6.07, 6.45) is 14.6. The van der Waals surface area contributed by atoms with E-state index < -0.39 is 0 Å². The van der Waals surface area contributed by atoms with Crippen LogP contribution in [-0.2, 0) is 28.7 Å². The smallest absolute Gasteiger partial charge is 0.318 e. The van der Waals surface area contributed by atoms with E-state index >= 15 is 0 Å². The number of cyclic esters (lactones) is 4.